The van der Waals surface area contributed by atoms with Gasteiger partial charge in [-0.05, 0) is 48.4 Å². The van der Waals surface area contributed by atoms with Crippen molar-refractivity contribution in [1.29, 1.82) is 0 Å². The number of aromatic nitrogens is 3. The molecule has 2 aromatic carbocycles. The largest absolute Gasteiger partial charge is 0.507 e. The minimum Gasteiger partial charge on any atom is -0.507 e. The summed E-state index contributed by atoms with van der Waals surface area (Å²) < 4.78 is 6.04. The van der Waals surface area contributed by atoms with Crippen LogP contribution in [0.15, 0.2) is 60.1 Å². The lowest BCUT2D eigenvalue weighted by atomic mass is 9.85. The Kier molecular flexibility index (Phi) is 15.5. The first-order chi connectivity index (χ1) is 29.7. The highest BCUT2D eigenvalue weighted by Crippen LogP contribution is 2.34. The number of phenols is 1. The van der Waals surface area contributed by atoms with Crippen LogP contribution in [0.25, 0.3) is 21.7 Å². The first-order valence-electron chi connectivity index (χ1n) is 21.6. The van der Waals surface area contributed by atoms with Crippen molar-refractivity contribution in [2.75, 3.05) is 12.3 Å². The van der Waals surface area contributed by atoms with E-state index in [1.807, 2.05) is 57.5 Å². The van der Waals surface area contributed by atoms with Crippen molar-refractivity contribution in [3.8, 4) is 33.2 Å². The molecule has 1 aliphatic heterocycles. The molecule has 16 heteroatoms. The highest BCUT2D eigenvalue weighted by Gasteiger charge is 2.44. The van der Waals surface area contributed by atoms with E-state index in [-0.39, 0.29) is 73.3 Å². The number of thiazole rings is 1. The van der Waals surface area contributed by atoms with E-state index in [0.29, 0.717) is 42.7 Å². The van der Waals surface area contributed by atoms with Gasteiger partial charge in [-0.3, -0.25) is 19.2 Å². The van der Waals surface area contributed by atoms with Crippen molar-refractivity contribution in [2.24, 2.45) is 5.41 Å². The minimum absolute atomic E-state index is 0.0135. The van der Waals surface area contributed by atoms with E-state index < -0.39 is 23.6 Å². The number of nitrogens with one attached hydrogen (secondary N) is 3. The van der Waals surface area contributed by atoms with Gasteiger partial charge in [-0.2, -0.15) is 0 Å². The Balaban J connectivity index is 0.846. The predicted octanol–water partition coefficient (Wildman–Crippen LogP) is 5.82. The fourth-order valence-corrected chi connectivity index (χ4v) is 8.66. The van der Waals surface area contributed by atoms with Gasteiger partial charge < -0.3 is 41.5 Å². The zero-order chi connectivity index (χ0) is 44.4. The Labute approximate surface area is 367 Å². The van der Waals surface area contributed by atoms with Crippen LogP contribution in [0, 0.1) is 12.3 Å². The van der Waals surface area contributed by atoms with Gasteiger partial charge in [0.1, 0.15) is 29.6 Å². The molecule has 0 bridgehead atoms. The number of nitrogen functional groups attached to an aromatic ring is 1. The molecule has 0 unspecified atom stereocenters. The monoisotopic (exact) mass is 868 g/mol. The molecule has 7 N–H and O–H groups in total. The average molecular weight is 869 g/mol. The number of para-hydroxylation sites is 1. The molecule has 4 aromatic rings. The zero-order valence-corrected chi connectivity index (χ0v) is 36.9. The van der Waals surface area contributed by atoms with Crippen molar-refractivity contribution in [1.82, 2.24) is 36.0 Å². The normalized spacial score (nSPS) is 19.0. The van der Waals surface area contributed by atoms with Gasteiger partial charge in [0, 0.05) is 62.9 Å². The summed E-state index contributed by atoms with van der Waals surface area (Å²) in [6.45, 7) is 7.89. The molecule has 1 saturated carbocycles. The molecule has 1 saturated heterocycles. The van der Waals surface area contributed by atoms with Gasteiger partial charge in [-0.15, -0.1) is 21.5 Å². The number of aliphatic hydroxyl groups excluding tert-OH is 1. The predicted molar refractivity (Wildman–Crippen MR) is 238 cm³/mol. The van der Waals surface area contributed by atoms with Crippen LogP contribution in [0.2, 0.25) is 0 Å². The molecule has 4 amide bonds. The fourth-order valence-electron chi connectivity index (χ4n) is 7.85. The Hall–Kier alpha value is -5.61. The SMILES string of the molecule is Cc1ncsc1-c1ccc(CNC(=O)[C@@H]2C[C@@H](O)CN2C(=O)[C@@H](NC(=O)CCCCCCCCC(=O)N[C@H]2C[C@H](Oc3cc(-c4ccccc4O)nnc3N)C2)C(C)(C)C)cc1. The van der Waals surface area contributed by atoms with Crippen LogP contribution in [0.1, 0.15) is 103 Å². The molecule has 1 aliphatic carbocycles. The third kappa shape index (κ3) is 12.3. The summed E-state index contributed by atoms with van der Waals surface area (Å²) in [6, 6.07) is 14.7. The number of anilines is 1. The zero-order valence-electron chi connectivity index (χ0n) is 36.1. The number of β-amino-alcohol motifs (C(OH)–C–C–N with tert-alkyl or cyclic N) is 1. The summed E-state index contributed by atoms with van der Waals surface area (Å²) in [4.78, 5) is 59.9. The topological polar surface area (TPSA) is 222 Å². The number of nitrogens with zero attached hydrogens (tertiary/aromatic N) is 4. The summed E-state index contributed by atoms with van der Waals surface area (Å²) in [5.41, 5.74) is 11.1. The summed E-state index contributed by atoms with van der Waals surface area (Å²) in [6.07, 6.45) is 6.24. The number of rotatable bonds is 19. The number of carbonyl (C=O) groups excluding carboxylic acids is 4. The second-order valence-electron chi connectivity index (χ2n) is 17.5. The maximum Gasteiger partial charge on any atom is 0.246 e. The maximum absolute atomic E-state index is 14.0. The number of hydrogen-bond acceptors (Lipinski definition) is 12. The van der Waals surface area contributed by atoms with Gasteiger partial charge in [0.05, 0.1) is 22.2 Å². The van der Waals surface area contributed by atoms with Crippen molar-refractivity contribution in [3.63, 3.8) is 0 Å². The van der Waals surface area contributed by atoms with E-state index in [0.717, 1.165) is 53.8 Å². The fraction of sp³-hybridized carbons (Fsp3) is 0.500. The summed E-state index contributed by atoms with van der Waals surface area (Å²) >= 11 is 1.58. The number of aromatic hydroxyl groups is 1. The number of carbonyl (C=O) groups is 4. The van der Waals surface area contributed by atoms with Gasteiger partial charge in [0.2, 0.25) is 23.6 Å². The summed E-state index contributed by atoms with van der Waals surface area (Å²) in [5.74, 6) is -0.296. The number of aliphatic hydroxyl groups is 1. The van der Waals surface area contributed by atoms with Gasteiger partial charge in [0.25, 0.3) is 0 Å². The standard InChI is InChI=1S/C46H60N8O7S/c1-28-41(62-27-49-28)30-19-17-29(18-20-30)25-48-44(59)36-23-32(55)26-54(36)45(60)42(46(2,3)4)51-40(58)16-10-8-6-5-7-9-15-39(57)50-31-21-33(22-31)61-38-24-35(52-53-43(38)47)34-13-11-12-14-37(34)56/h11-14,17-20,24,27,31-33,36,42,55-56H,5-10,15-16,21-23,25-26H2,1-4H3,(H2,47,53)(H,48,59)(H,50,57)(H,51,58)/t31-,32-,33-,36+,42-/m1/s1. The quantitative estimate of drug-likeness (QED) is 0.0617. The van der Waals surface area contributed by atoms with Crippen LogP contribution in [0.5, 0.6) is 11.5 Å². The van der Waals surface area contributed by atoms with Crippen LogP contribution >= 0.6 is 11.3 Å². The number of phenolic OH excluding ortho intramolecular Hbond substituents is 1. The highest BCUT2D eigenvalue weighted by molar-refractivity contribution is 7.13. The number of hydrogen-bond donors (Lipinski definition) is 6. The Morgan fingerprint density at radius 2 is 1.61 bits per heavy atom. The molecule has 15 nitrogen and oxygen atoms in total. The molecule has 6 rings (SSSR count). The van der Waals surface area contributed by atoms with Crippen molar-refractivity contribution in [2.45, 2.75) is 135 Å². The number of nitrogens with two attached hydrogens (primary N) is 1. The van der Waals surface area contributed by atoms with Crippen molar-refractivity contribution in [3.05, 3.63) is 71.4 Å². The molecular weight excluding hydrogens is 809 g/mol. The van der Waals surface area contributed by atoms with Gasteiger partial charge in [-0.25, -0.2) is 4.98 Å². The van der Waals surface area contributed by atoms with Crippen molar-refractivity contribution >= 4 is 40.8 Å². The van der Waals surface area contributed by atoms with Crippen LogP contribution < -0.4 is 26.4 Å². The van der Waals surface area contributed by atoms with Gasteiger partial charge in [-0.1, -0.05) is 82.9 Å². The molecular formula is C46H60N8O7S. The second-order valence-corrected chi connectivity index (χ2v) is 18.4. The number of amides is 4. The first-order valence-corrected chi connectivity index (χ1v) is 22.5. The van der Waals surface area contributed by atoms with Gasteiger partial charge >= 0.3 is 0 Å². The number of likely N-dealkylation sites (tertiary alicyclic amines) is 1. The summed E-state index contributed by atoms with van der Waals surface area (Å²) in [5, 5.41) is 37.7. The van der Waals surface area contributed by atoms with E-state index in [4.69, 9.17) is 10.5 Å². The van der Waals surface area contributed by atoms with E-state index in [9.17, 15) is 29.4 Å². The Morgan fingerprint density at radius 3 is 2.27 bits per heavy atom. The van der Waals surface area contributed by atoms with E-state index in [1.54, 1.807) is 41.7 Å². The molecule has 3 atom stereocenters. The van der Waals surface area contributed by atoms with Crippen LogP contribution in [-0.2, 0) is 25.7 Å². The third-order valence-corrected chi connectivity index (χ3v) is 12.5. The molecule has 0 spiro atoms. The van der Waals surface area contributed by atoms with E-state index >= 15 is 0 Å². The van der Waals surface area contributed by atoms with Crippen LogP contribution in [0.3, 0.4) is 0 Å². The number of benzene rings is 2. The summed E-state index contributed by atoms with van der Waals surface area (Å²) in [7, 11) is 0. The molecule has 3 heterocycles. The van der Waals surface area contributed by atoms with Crippen LogP contribution in [-0.4, -0.2) is 90.8 Å². The first kappa shape index (κ1) is 45.9. The smallest absolute Gasteiger partial charge is 0.246 e. The lowest BCUT2D eigenvalue weighted by Gasteiger charge is -2.36. The van der Waals surface area contributed by atoms with Crippen molar-refractivity contribution < 1.29 is 34.1 Å². The lowest BCUT2D eigenvalue weighted by molar-refractivity contribution is -0.144. The average Bonchev–Trinajstić information content (AvgIpc) is 3.84. The molecule has 62 heavy (non-hydrogen) atoms. The number of aryl methyl sites for hydroxylation is 1. The Morgan fingerprint density at radius 1 is 0.935 bits per heavy atom. The maximum atomic E-state index is 14.0. The third-order valence-electron chi connectivity index (χ3n) is 11.5. The number of unbranched alkanes of at least 4 members (excludes halogenated alkanes) is 5. The Bertz CT molecular complexity index is 2170. The van der Waals surface area contributed by atoms with E-state index in [1.165, 1.54) is 4.90 Å². The molecule has 2 aromatic heterocycles. The minimum atomic E-state index is -0.871. The second kappa shape index (κ2) is 21.0. The van der Waals surface area contributed by atoms with Gasteiger partial charge in [0.15, 0.2) is 11.6 Å². The van der Waals surface area contributed by atoms with E-state index in [2.05, 4.69) is 31.1 Å². The molecule has 2 aliphatic rings. The molecule has 0 radical (unpaired) electrons. The molecule has 2 fully saturated rings. The number of ether oxygens (including phenoxy) is 1. The molecule has 332 valence electrons. The lowest BCUT2D eigenvalue weighted by Crippen LogP contribution is -2.57. The van der Waals surface area contributed by atoms with Crippen LogP contribution in [0.4, 0.5) is 5.82 Å². The highest BCUT2D eigenvalue weighted by atomic mass is 32.1.